The summed E-state index contributed by atoms with van der Waals surface area (Å²) in [6, 6.07) is 1.66. The Morgan fingerprint density at radius 2 is 2.29 bits per heavy atom. The summed E-state index contributed by atoms with van der Waals surface area (Å²) in [5.41, 5.74) is 11.2. The van der Waals surface area contributed by atoms with Crippen molar-refractivity contribution in [2.75, 3.05) is 6.54 Å². The Kier molecular flexibility index (Phi) is 4.50. The predicted octanol–water partition coefficient (Wildman–Crippen LogP) is 0.925. The number of aryl methyl sites for hydroxylation is 1. The van der Waals surface area contributed by atoms with E-state index in [1.54, 1.807) is 13.0 Å². The summed E-state index contributed by atoms with van der Waals surface area (Å²) in [5.74, 6) is 1.06. The molecule has 0 saturated heterocycles. The molecule has 1 aromatic rings. The Balaban J connectivity index is 2.79. The van der Waals surface area contributed by atoms with Crippen molar-refractivity contribution in [3.05, 3.63) is 11.8 Å². The van der Waals surface area contributed by atoms with E-state index in [4.69, 9.17) is 21.4 Å². The van der Waals surface area contributed by atoms with Crippen molar-refractivity contribution in [2.45, 2.75) is 26.7 Å². The van der Waals surface area contributed by atoms with Gasteiger partial charge >= 0.3 is 0 Å². The van der Waals surface area contributed by atoms with Gasteiger partial charge in [-0.15, -0.1) is 0 Å². The topological polar surface area (TPSA) is 118 Å². The number of nitrogens with two attached hydrogens (primary N) is 2. The van der Waals surface area contributed by atoms with Crippen LogP contribution in [0, 0.1) is 12.3 Å². The van der Waals surface area contributed by atoms with Crippen LogP contribution < -0.4 is 11.5 Å². The highest BCUT2D eigenvalue weighted by molar-refractivity contribution is 5.96. The van der Waals surface area contributed by atoms with Crippen LogP contribution in [-0.4, -0.2) is 28.5 Å². The molecular formula is C10H18N6O. The van der Waals surface area contributed by atoms with Gasteiger partial charge in [-0.25, -0.2) is 0 Å². The number of hydrogen-bond acceptors (Lipinski definition) is 4. The predicted molar refractivity (Wildman–Crippen MR) is 66.1 cm³/mol. The number of rotatable bonds is 4. The minimum Gasteiger partial charge on any atom is -0.370 e. The zero-order valence-corrected chi connectivity index (χ0v) is 10.1. The molecule has 1 rings (SSSR count). The van der Waals surface area contributed by atoms with Crippen LogP contribution in [0.25, 0.3) is 0 Å². The summed E-state index contributed by atoms with van der Waals surface area (Å²) in [4.78, 5) is 5.49. The first kappa shape index (κ1) is 13.0. The Bertz CT molecular complexity index is 411. The van der Waals surface area contributed by atoms with Gasteiger partial charge in [-0.3, -0.25) is 10.3 Å². The van der Waals surface area contributed by atoms with Gasteiger partial charge in [-0.05, 0) is 13.3 Å². The van der Waals surface area contributed by atoms with Crippen molar-refractivity contribution in [1.82, 2.24) is 10.1 Å². The highest BCUT2D eigenvalue weighted by Gasteiger charge is 2.11. The monoisotopic (exact) mass is 238 g/mol. The molecule has 0 radical (unpaired) electrons. The van der Waals surface area contributed by atoms with Crippen molar-refractivity contribution in [1.29, 1.82) is 5.41 Å². The SMILES string of the molecule is CCCCN(C(=N)N)C(N)=Nc1cc(C)on1. The second kappa shape index (κ2) is 5.88. The molecule has 0 aliphatic heterocycles. The zero-order valence-electron chi connectivity index (χ0n) is 10.1. The van der Waals surface area contributed by atoms with E-state index in [1.165, 1.54) is 4.90 Å². The lowest BCUT2D eigenvalue weighted by Crippen LogP contribution is -2.45. The van der Waals surface area contributed by atoms with Crippen molar-refractivity contribution in [3.8, 4) is 0 Å². The number of guanidine groups is 2. The van der Waals surface area contributed by atoms with Crippen molar-refractivity contribution < 1.29 is 4.52 Å². The average molecular weight is 238 g/mol. The molecule has 0 amide bonds. The van der Waals surface area contributed by atoms with Gasteiger partial charge in [-0.1, -0.05) is 18.5 Å². The lowest BCUT2D eigenvalue weighted by molar-refractivity contribution is 0.399. The highest BCUT2D eigenvalue weighted by Crippen LogP contribution is 2.11. The maximum absolute atomic E-state index is 7.43. The van der Waals surface area contributed by atoms with Crippen LogP contribution >= 0.6 is 0 Å². The Morgan fingerprint density at radius 3 is 2.76 bits per heavy atom. The van der Waals surface area contributed by atoms with Crippen LogP contribution in [0.3, 0.4) is 0 Å². The number of unbranched alkanes of at least 4 members (excludes halogenated alkanes) is 1. The van der Waals surface area contributed by atoms with Crippen molar-refractivity contribution in [3.63, 3.8) is 0 Å². The minimum absolute atomic E-state index is 0.125. The lowest BCUT2D eigenvalue weighted by Gasteiger charge is -2.20. The van der Waals surface area contributed by atoms with Crippen LogP contribution in [0.1, 0.15) is 25.5 Å². The number of aromatic nitrogens is 1. The first-order chi connectivity index (χ1) is 8.04. The van der Waals surface area contributed by atoms with Gasteiger partial charge in [-0.2, -0.15) is 4.99 Å². The fourth-order valence-electron chi connectivity index (χ4n) is 1.26. The third kappa shape index (κ3) is 3.78. The largest absolute Gasteiger partial charge is 0.370 e. The number of nitrogens with one attached hydrogen (secondary N) is 1. The third-order valence-corrected chi connectivity index (χ3v) is 2.15. The van der Waals surface area contributed by atoms with Gasteiger partial charge in [0, 0.05) is 12.6 Å². The van der Waals surface area contributed by atoms with Gasteiger partial charge in [0.05, 0.1) is 0 Å². The Hall–Kier alpha value is -2.05. The quantitative estimate of drug-likeness (QED) is 0.532. The molecule has 0 atom stereocenters. The molecule has 1 aromatic heterocycles. The minimum atomic E-state index is -0.125. The molecule has 0 aliphatic carbocycles. The van der Waals surface area contributed by atoms with Gasteiger partial charge in [0.25, 0.3) is 0 Å². The molecule has 7 nitrogen and oxygen atoms in total. The maximum atomic E-state index is 7.43. The molecule has 0 aromatic carbocycles. The second-order valence-electron chi connectivity index (χ2n) is 3.66. The maximum Gasteiger partial charge on any atom is 0.205 e. The fourth-order valence-corrected chi connectivity index (χ4v) is 1.26. The van der Waals surface area contributed by atoms with E-state index >= 15 is 0 Å². The highest BCUT2D eigenvalue weighted by atomic mass is 16.5. The summed E-state index contributed by atoms with van der Waals surface area (Å²) in [6.07, 6.45) is 1.87. The molecule has 94 valence electrons. The summed E-state index contributed by atoms with van der Waals surface area (Å²) in [7, 11) is 0. The van der Waals surface area contributed by atoms with Gasteiger partial charge in [0.2, 0.25) is 5.96 Å². The van der Waals surface area contributed by atoms with Gasteiger partial charge in [0.15, 0.2) is 11.8 Å². The first-order valence-electron chi connectivity index (χ1n) is 5.43. The molecule has 0 bridgehead atoms. The summed E-state index contributed by atoms with van der Waals surface area (Å²) in [5, 5.41) is 11.1. The molecule has 0 fully saturated rings. The molecule has 0 unspecified atom stereocenters. The van der Waals surface area contributed by atoms with Crippen molar-refractivity contribution >= 4 is 17.7 Å². The molecule has 7 heteroatoms. The number of nitrogens with zero attached hydrogens (tertiary/aromatic N) is 3. The Morgan fingerprint density at radius 1 is 1.59 bits per heavy atom. The fraction of sp³-hybridized carbons (Fsp3) is 0.500. The second-order valence-corrected chi connectivity index (χ2v) is 3.66. The number of hydrogen-bond donors (Lipinski definition) is 3. The van der Waals surface area contributed by atoms with E-state index in [2.05, 4.69) is 10.1 Å². The van der Waals surface area contributed by atoms with Crippen molar-refractivity contribution in [2.24, 2.45) is 16.5 Å². The molecule has 0 spiro atoms. The lowest BCUT2D eigenvalue weighted by atomic mass is 10.3. The summed E-state index contributed by atoms with van der Waals surface area (Å²) in [6.45, 7) is 4.38. The molecule has 5 N–H and O–H groups in total. The van der Waals surface area contributed by atoms with Crippen LogP contribution in [0.15, 0.2) is 15.6 Å². The summed E-state index contributed by atoms with van der Waals surface area (Å²) < 4.78 is 4.87. The zero-order chi connectivity index (χ0) is 12.8. The van der Waals surface area contributed by atoms with E-state index in [1.807, 2.05) is 6.92 Å². The van der Waals surface area contributed by atoms with E-state index in [9.17, 15) is 0 Å². The van der Waals surface area contributed by atoms with E-state index < -0.39 is 0 Å². The first-order valence-corrected chi connectivity index (χ1v) is 5.43. The molecular weight excluding hydrogens is 220 g/mol. The van der Waals surface area contributed by atoms with Crippen LogP contribution in [0.5, 0.6) is 0 Å². The van der Waals surface area contributed by atoms with E-state index in [0.717, 1.165) is 12.8 Å². The number of aliphatic imine (C=N–C) groups is 1. The van der Waals surface area contributed by atoms with Gasteiger partial charge in [0.1, 0.15) is 5.76 Å². The van der Waals surface area contributed by atoms with Crippen LogP contribution in [-0.2, 0) is 0 Å². The molecule has 0 aliphatic rings. The van der Waals surface area contributed by atoms with Gasteiger partial charge < -0.3 is 16.0 Å². The Labute approximate surface area is 100.0 Å². The average Bonchev–Trinajstić information content (AvgIpc) is 2.64. The molecule has 17 heavy (non-hydrogen) atoms. The van der Waals surface area contributed by atoms with Crippen LogP contribution in [0.4, 0.5) is 5.82 Å². The van der Waals surface area contributed by atoms with E-state index in [-0.39, 0.29) is 11.9 Å². The third-order valence-electron chi connectivity index (χ3n) is 2.15. The van der Waals surface area contributed by atoms with E-state index in [0.29, 0.717) is 18.1 Å². The normalized spacial score (nSPS) is 11.5. The van der Waals surface area contributed by atoms with Crippen LogP contribution in [0.2, 0.25) is 0 Å². The summed E-state index contributed by atoms with van der Waals surface area (Å²) >= 11 is 0. The molecule has 1 heterocycles. The standard InChI is InChI=1S/C10H18N6O/c1-3-4-5-16(9(11)12)10(13)14-8-6-7(2)17-15-8/h6H,3-5H2,1-2H3,(H3,11,12)(H2,13,14,15). The molecule has 0 saturated carbocycles. The smallest absolute Gasteiger partial charge is 0.205 e.